The Bertz CT molecular complexity index is 1200. The maximum absolute atomic E-state index is 13.2. The minimum absolute atomic E-state index is 0.0629. The number of benzene rings is 2. The van der Waals surface area contributed by atoms with E-state index in [-0.39, 0.29) is 24.5 Å². The van der Waals surface area contributed by atoms with Crippen LogP contribution >= 0.6 is 11.6 Å². The van der Waals surface area contributed by atoms with E-state index in [9.17, 15) is 9.59 Å². The van der Waals surface area contributed by atoms with Crippen LogP contribution in [-0.4, -0.2) is 46.4 Å². The molecule has 33 heavy (non-hydrogen) atoms. The maximum Gasteiger partial charge on any atom is 0.258 e. The number of anilines is 1. The molecule has 0 spiro atoms. The van der Waals surface area contributed by atoms with E-state index in [1.165, 1.54) is 0 Å². The van der Waals surface area contributed by atoms with Crippen LogP contribution in [0.4, 0.5) is 5.69 Å². The molecule has 5 rings (SSSR count). The van der Waals surface area contributed by atoms with E-state index in [0.717, 1.165) is 5.69 Å². The van der Waals surface area contributed by atoms with E-state index in [1.54, 1.807) is 34.7 Å². The Morgan fingerprint density at radius 2 is 1.79 bits per heavy atom. The summed E-state index contributed by atoms with van der Waals surface area (Å²) < 4.78 is 12.2. The molecule has 1 N–H and O–H groups in total. The van der Waals surface area contributed by atoms with Crippen LogP contribution < -0.4 is 14.8 Å². The van der Waals surface area contributed by atoms with Gasteiger partial charge in [-0.25, -0.2) is 4.68 Å². The second kappa shape index (κ2) is 8.78. The zero-order valence-electron chi connectivity index (χ0n) is 18.1. The monoisotopic (exact) mass is 466 g/mol. The first-order valence-electron chi connectivity index (χ1n) is 10.8. The molecule has 2 aromatic carbocycles. The van der Waals surface area contributed by atoms with Crippen molar-refractivity contribution in [2.45, 2.75) is 19.8 Å². The molecular weight excluding hydrogens is 444 g/mol. The van der Waals surface area contributed by atoms with Crippen LogP contribution in [0.3, 0.4) is 0 Å². The number of halogens is 1. The number of carbonyl (C=O) groups is 2. The molecule has 0 radical (unpaired) electrons. The number of carbonyl (C=O) groups excluding carboxylic acids is 2. The number of hydrogen-bond donors (Lipinski definition) is 1. The van der Waals surface area contributed by atoms with Crippen molar-refractivity contribution in [3.05, 3.63) is 64.9 Å². The molecule has 2 amide bonds. The van der Waals surface area contributed by atoms with Crippen molar-refractivity contribution in [1.82, 2.24) is 14.7 Å². The van der Waals surface area contributed by atoms with Crippen molar-refractivity contribution in [3.63, 3.8) is 0 Å². The van der Waals surface area contributed by atoms with Gasteiger partial charge in [-0.2, -0.15) is 5.10 Å². The molecule has 8 nitrogen and oxygen atoms in total. The van der Waals surface area contributed by atoms with E-state index in [2.05, 4.69) is 10.4 Å². The van der Waals surface area contributed by atoms with Crippen LogP contribution in [0.25, 0.3) is 5.69 Å². The molecule has 1 fully saturated rings. The van der Waals surface area contributed by atoms with Crippen LogP contribution in [0.1, 0.15) is 28.9 Å². The maximum atomic E-state index is 13.2. The topological polar surface area (TPSA) is 85.7 Å². The molecule has 0 aliphatic carbocycles. The molecule has 2 aliphatic heterocycles. The van der Waals surface area contributed by atoms with Gasteiger partial charge in [0, 0.05) is 30.8 Å². The predicted molar refractivity (Wildman–Crippen MR) is 123 cm³/mol. The van der Waals surface area contributed by atoms with Crippen molar-refractivity contribution in [3.8, 4) is 17.2 Å². The third-order valence-electron chi connectivity index (χ3n) is 6.01. The van der Waals surface area contributed by atoms with Gasteiger partial charge in [0.25, 0.3) is 5.91 Å². The SMILES string of the molecule is Cc1nn(-c2ccccc2)c(Cl)c1C(=O)N1CCC(C(=O)Nc2ccc3c(c2)OCO3)CC1. The van der Waals surface area contributed by atoms with Crippen molar-refractivity contribution >= 4 is 29.1 Å². The summed E-state index contributed by atoms with van der Waals surface area (Å²) in [5, 5.41) is 7.71. The highest BCUT2D eigenvalue weighted by molar-refractivity contribution is 6.33. The average Bonchev–Trinajstić information content (AvgIpc) is 3.42. The van der Waals surface area contributed by atoms with Gasteiger partial charge in [0.05, 0.1) is 16.9 Å². The number of likely N-dealkylation sites (tertiary alicyclic amines) is 1. The summed E-state index contributed by atoms with van der Waals surface area (Å²) in [6.07, 6.45) is 1.15. The Labute approximate surface area is 196 Å². The molecule has 3 heterocycles. The van der Waals surface area contributed by atoms with Gasteiger partial charge < -0.3 is 19.7 Å². The Balaban J connectivity index is 1.23. The number of nitrogens with one attached hydrogen (secondary N) is 1. The van der Waals surface area contributed by atoms with Gasteiger partial charge in [-0.1, -0.05) is 29.8 Å². The summed E-state index contributed by atoms with van der Waals surface area (Å²) in [4.78, 5) is 27.7. The zero-order chi connectivity index (χ0) is 22.9. The van der Waals surface area contributed by atoms with E-state index in [4.69, 9.17) is 21.1 Å². The number of para-hydroxylation sites is 1. The number of amides is 2. The second-order valence-corrected chi connectivity index (χ2v) is 8.48. The van der Waals surface area contributed by atoms with Crippen molar-refractivity contribution in [2.24, 2.45) is 5.92 Å². The minimum Gasteiger partial charge on any atom is -0.454 e. The molecule has 170 valence electrons. The molecule has 1 aromatic heterocycles. The lowest BCUT2D eigenvalue weighted by Crippen LogP contribution is -2.41. The number of piperidine rings is 1. The molecule has 0 unspecified atom stereocenters. The molecule has 3 aromatic rings. The van der Waals surface area contributed by atoms with E-state index < -0.39 is 0 Å². The standard InChI is InChI=1S/C24H23ClN4O4/c1-15-21(22(25)29(27-15)18-5-3-2-4-6-18)24(31)28-11-9-16(10-12-28)23(30)26-17-7-8-19-20(13-17)33-14-32-19/h2-8,13,16H,9-12,14H2,1H3,(H,26,30). The van der Waals surface area contributed by atoms with Crippen LogP contribution in [0, 0.1) is 12.8 Å². The third-order valence-corrected chi connectivity index (χ3v) is 6.36. The van der Waals surface area contributed by atoms with Crippen molar-refractivity contribution in [2.75, 3.05) is 25.2 Å². The fraction of sp³-hybridized carbons (Fsp3) is 0.292. The van der Waals surface area contributed by atoms with Crippen LogP contribution in [0.2, 0.25) is 5.15 Å². The summed E-state index contributed by atoms with van der Waals surface area (Å²) in [6, 6.07) is 14.8. The quantitative estimate of drug-likeness (QED) is 0.626. The lowest BCUT2D eigenvalue weighted by Gasteiger charge is -2.31. The van der Waals surface area contributed by atoms with Crippen molar-refractivity contribution < 1.29 is 19.1 Å². The molecule has 2 aliphatic rings. The van der Waals surface area contributed by atoms with Gasteiger partial charge in [-0.15, -0.1) is 0 Å². The Kier molecular flexibility index (Phi) is 5.68. The van der Waals surface area contributed by atoms with E-state index in [1.807, 2.05) is 30.3 Å². The van der Waals surface area contributed by atoms with E-state index in [0.29, 0.717) is 59.5 Å². The lowest BCUT2D eigenvalue weighted by molar-refractivity contribution is -0.121. The number of ether oxygens (including phenoxy) is 2. The molecule has 0 atom stereocenters. The number of aryl methyl sites for hydroxylation is 1. The van der Waals surface area contributed by atoms with Gasteiger partial charge in [0.1, 0.15) is 5.15 Å². The van der Waals surface area contributed by atoms with Crippen LogP contribution in [-0.2, 0) is 4.79 Å². The summed E-state index contributed by atoms with van der Waals surface area (Å²) in [5.41, 5.74) is 2.45. The molecule has 0 saturated carbocycles. The number of nitrogens with zero attached hydrogens (tertiary/aromatic N) is 3. The highest BCUT2D eigenvalue weighted by atomic mass is 35.5. The highest BCUT2D eigenvalue weighted by Crippen LogP contribution is 2.34. The first-order valence-corrected chi connectivity index (χ1v) is 11.2. The minimum atomic E-state index is -0.178. The average molecular weight is 467 g/mol. The largest absolute Gasteiger partial charge is 0.454 e. The Morgan fingerprint density at radius 3 is 2.55 bits per heavy atom. The summed E-state index contributed by atoms with van der Waals surface area (Å²) in [7, 11) is 0. The smallest absolute Gasteiger partial charge is 0.258 e. The van der Waals surface area contributed by atoms with Crippen LogP contribution in [0.5, 0.6) is 11.5 Å². The van der Waals surface area contributed by atoms with E-state index >= 15 is 0 Å². The lowest BCUT2D eigenvalue weighted by atomic mass is 9.95. The fourth-order valence-corrected chi connectivity index (χ4v) is 4.56. The van der Waals surface area contributed by atoms with Gasteiger partial charge in [0.2, 0.25) is 12.7 Å². The highest BCUT2D eigenvalue weighted by Gasteiger charge is 2.31. The van der Waals surface area contributed by atoms with Gasteiger partial charge >= 0.3 is 0 Å². The predicted octanol–water partition coefficient (Wildman–Crippen LogP) is 4.05. The van der Waals surface area contributed by atoms with Gasteiger partial charge in [0.15, 0.2) is 11.5 Å². The first-order chi connectivity index (χ1) is 16.0. The van der Waals surface area contributed by atoms with Gasteiger partial charge in [-0.3, -0.25) is 9.59 Å². The molecule has 1 saturated heterocycles. The number of hydrogen-bond acceptors (Lipinski definition) is 5. The summed E-state index contributed by atoms with van der Waals surface area (Å²) in [6.45, 7) is 2.92. The fourth-order valence-electron chi connectivity index (χ4n) is 4.20. The summed E-state index contributed by atoms with van der Waals surface area (Å²) >= 11 is 6.56. The molecular formula is C24H23ClN4O4. The second-order valence-electron chi connectivity index (χ2n) is 8.12. The Hall–Kier alpha value is -3.52. The first kappa shape index (κ1) is 21.3. The third kappa shape index (κ3) is 4.14. The van der Waals surface area contributed by atoms with Crippen LogP contribution in [0.15, 0.2) is 48.5 Å². The summed E-state index contributed by atoms with van der Waals surface area (Å²) in [5.74, 6) is 0.894. The number of fused-ring (bicyclic) bond motifs is 1. The van der Waals surface area contributed by atoms with Crippen molar-refractivity contribution in [1.29, 1.82) is 0 Å². The normalized spacial score (nSPS) is 15.5. The zero-order valence-corrected chi connectivity index (χ0v) is 18.8. The number of rotatable bonds is 4. The van der Waals surface area contributed by atoms with Gasteiger partial charge in [-0.05, 0) is 44.0 Å². The number of aromatic nitrogens is 2. The Morgan fingerprint density at radius 1 is 1.06 bits per heavy atom. The molecule has 0 bridgehead atoms. The molecule has 9 heteroatoms.